The first kappa shape index (κ1) is 25.2. The second kappa shape index (κ2) is 12.7. The van der Waals surface area contributed by atoms with Crippen molar-refractivity contribution in [2.75, 3.05) is 12.8 Å². The second-order valence-electron chi connectivity index (χ2n) is 7.56. The van der Waals surface area contributed by atoms with E-state index in [9.17, 15) is 9.59 Å². The fraction of sp³-hybridized carbons (Fsp3) is 0.231. The van der Waals surface area contributed by atoms with Gasteiger partial charge in [-0.05, 0) is 34.9 Å². The van der Waals surface area contributed by atoms with Crippen molar-refractivity contribution in [1.82, 2.24) is 10.2 Å². The summed E-state index contributed by atoms with van der Waals surface area (Å²) >= 11 is 14.0. The molecule has 0 spiro atoms. The maximum atomic E-state index is 13.4. The van der Waals surface area contributed by atoms with Crippen LogP contribution < -0.4 is 5.32 Å². The number of rotatable bonds is 10. The summed E-state index contributed by atoms with van der Waals surface area (Å²) in [5.41, 5.74) is 2.83. The fourth-order valence-corrected chi connectivity index (χ4v) is 4.76. The highest BCUT2D eigenvalue weighted by molar-refractivity contribution is 7.99. The second-order valence-corrected chi connectivity index (χ2v) is 9.38. The number of benzene rings is 3. The Hall–Kier alpha value is -2.47. The van der Waals surface area contributed by atoms with Crippen LogP contribution in [-0.4, -0.2) is 35.6 Å². The molecule has 0 aliphatic heterocycles. The van der Waals surface area contributed by atoms with E-state index in [1.165, 1.54) is 11.8 Å². The summed E-state index contributed by atoms with van der Waals surface area (Å²) < 4.78 is 0. The maximum Gasteiger partial charge on any atom is 0.242 e. The van der Waals surface area contributed by atoms with E-state index < -0.39 is 6.04 Å². The number of carbonyl (C=O) groups is 2. The normalized spacial score (nSPS) is 11.6. The van der Waals surface area contributed by atoms with Gasteiger partial charge in [0.25, 0.3) is 0 Å². The van der Waals surface area contributed by atoms with E-state index in [0.717, 1.165) is 16.7 Å². The number of nitrogens with one attached hydrogen (secondary N) is 1. The molecule has 0 aliphatic carbocycles. The van der Waals surface area contributed by atoms with Gasteiger partial charge in [-0.3, -0.25) is 9.59 Å². The van der Waals surface area contributed by atoms with E-state index in [1.54, 1.807) is 18.0 Å². The molecule has 0 saturated carbocycles. The van der Waals surface area contributed by atoms with Crippen molar-refractivity contribution in [2.24, 2.45) is 0 Å². The Morgan fingerprint density at radius 3 is 2.33 bits per heavy atom. The molecule has 0 saturated heterocycles. The fourth-order valence-electron chi connectivity index (χ4n) is 3.50. The molecule has 0 unspecified atom stereocenters. The van der Waals surface area contributed by atoms with Crippen molar-refractivity contribution in [3.63, 3.8) is 0 Å². The zero-order chi connectivity index (χ0) is 23.6. The quantitative estimate of drug-likeness (QED) is 0.393. The van der Waals surface area contributed by atoms with E-state index in [2.05, 4.69) is 5.32 Å². The van der Waals surface area contributed by atoms with E-state index in [4.69, 9.17) is 23.2 Å². The highest BCUT2D eigenvalue weighted by Gasteiger charge is 2.30. The van der Waals surface area contributed by atoms with Gasteiger partial charge in [0.15, 0.2) is 0 Å². The Labute approximate surface area is 209 Å². The molecule has 7 heteroatoms. The lowest BCUT2D eigenvalue weighted by Crippen LogP contribution is -2.50. The molecule has 0 heterocycles. The first-order chi connectivity index (χ1) is 16.0. The third-order valence-corrected chi connectivity index (χ3v) is 6.79. The molecule has 0 aromatic heterocycles. The van der Waals surface area contributed by atoms with Crippen LogP contribution >= 0.6 is 35.0 Å². The van der Waals surface area contributed by atoms with E-state index in [0.29, 0.717) is 22.2 Å². The summed E-state index contributed by atoms with van der Waals surface area (Å²) in [4.78, 5) is 28.0. The molecule has 2 amide bonds. The summed E-state index contributed by atoms with van der Waals surface area (Å²) in [7, 11) is 1.59. The molecule has 0 aliphatic rings. The minimum Gasteiger partial charge on any atom is -0.357 e. The zero-order valence-corrected chi connectivity index (χ0v) is 20.7. The third-order valence-electron chi connectivity index (χ3n) is 5.20. The van der Waals surface area contributed by atoms with Crippen LogP contribution in [0.5, 0.6) is 0 Å². The number of nitrogens with zero attached hydrogens (tertiary/aromatic N) is 1. The van der Waals surface area contributed by atoms with Crippen LogP contribution in [0.15, 0.2) is 78.9 Å². The molecular formula is C26H26Cl2N2O2S. The summed E-state index contributed by atoms with van der Waals surface area (Å²) in [6.45, 7) is 0.251. The molecule has 172 valence electrons. The predicted octanol–water partition coefficient (Wildman–Crippen LogP) is 5.61. The lowest BCUT2D eigenvalue weighted by atomic mass is 10.0. The number of thioether (sulfide) groups is 1. The maximum absolute atomic E-state index is 13.4. The van der Waals surface area contributed by atoms with Crippen molar-refractivity contribution in [1.29, 1.82) is 0 Å². The SMILES string of the molecule is CNC(=O)[C@H](Cc1ccccc1)N(Cc1ccccc1Cl)C(=O)CSCc1cccc(Cl)c1. The number of hydrogen-bond donors (Lipinski definition) is 1. The number of amides is 2. The molecule has 1 N–H and O–H groups in total. The Balaban J connectivity index is 1.82. The molecule has 3 rings (SSSR count). The van der Waals surface area contributed by atoms with Crippen LogP contribution in [0, 0.1) is 0 Å². The topological polar surface area (TPSA) is 49.4 Å². The van der Waals surface area contributed by atoms with Crippen molar-refractivity contribution in [3.05, 3.63) is 106 Å². The summed E-state index contributed by atoms with van der Waals surface area (Å²) in [6, 6.07) is 24.0. The number of hydrogen-bond acceptors (Lipinski definition) is 3. The van der Waals surface area contributed by atoms with Crippen LogP contribution in [0.2, 0.25) is 10.0 Å². The van der Waals surface area contributed by atoms with Crippen LogP contribution in [0.25, 0.3) is 0 Å². The molecule has 33 heavy (non-hydrogen) atoms. The van der Waals surface area contributed by atoms with Gasteiger partial charge in [0.05, 0.1) is 5.75 Å². The smallest absolute Gasteiger partial charge is 0.242 e. The van der Waals surface area contributed by atoms with Crippen molar-refractivity contribution in [3.8, 4) is 0 Å². The van der Waals surface area contributed by atoms with E-state index >= 15 is 0 Å². The minimum absolute atomic E-state index is 0.119. The first-order valence-electron chi connectivity index (χ1n) is 10.6. The molecule has 4 nitrogen and oxygen atoms in total. The van der Waals surface area contributed by atoms with Gasteiger partial charge in [-0.1, -0.05) is 83.9 Å². The Morgan fingerprint density at radius 2 is 1.64 bits per heavy atom. The Bertz CT molecular complexity index is 1080. The van der Waals surface area contributed by atoms with E-state index in [-0.39, 0.29) is 24.1 Å². The molecule has 0 bridgehead atoms. The summed E-state index contributed by atoms with van der Waals surface area (Å²) in [5.74, 6) is 0.556. The third kappa shape index (κ3) is 7.53. The van der Waals surface area contributed by atoms with Gasteiger partial charge in [-0.25, -0.2) is 0 Å². The average molecular weight is 501 g/mol. The molecule has 3 aromatic rings. The molecule has 3 aromatic carbocycles. The van der Waals surface area contributed by atoms with Crippen molar-refractivity contribution < 1.29 is 9.59 Å². The van der Waals surface area contributed by atoms with Crippen molar-refractivity contribution >= 4 is 46.8 Å². The standard InChI is InChI=1S/C26H26Cl2N2O2S/c1-29-26(32)24(15-19-8-3-2-4-9-19)30(16-21-11-5-6-13-23(21)28)25(31)18-33-17-20-10-7-12-22(27)14-20/h2-14,24H,15-18H2,1H3,(H,29,32)/t24-/m0/s1. The number of halogens is 2. The highest BCUT2D eigenvalue weighted by Crippen LogP contribution is 2.22. The minimum atomic E-state index is -0.659. The van der Waals surface area contributed by atoms with Gasteiger partial charge < -0.3 is 10.2 Å². The predicted molar refractivity (Wildman–Crippen MR) is 138 cm³/mol. The Kier molecular flexibility index (Phi) is 9.67. The van der Waals surface area contributed by atoms with Gasteiger partial charge in [0.1, 0.15) is 6.04 Å². The van der Waals surface area contributed by atoms with Crippen LogP contribution in [-0.2, 0) is 28.3 Å². The van der Waals surface area contributed by atoms with Crippen molar-refractivity contribution in [2.45, 2.75) is 24.8 Å². The zero-order valence-electron chi connectivity index (χ0n) is 18.3. The molecule has 0 fully saturated rings. The van der Waals surface area contributed by atoms with Gasteiger partial charge in [-0.2, -0.15) is 0 Å². The Morgan fingerprint density at radius 1 is 0.939 bits per heavy atom. The lowest BCUT2D eigenvalue weighted by Gasteiger charge is -2.31. The monoisotopic (exact) mass is 500 g/mol. The molecule has 1 atom stereocenters. The van der Waals surface area contributed by atoms with Gasteiger partial charge >= 0.3 is 0 Å². The average Bonchev–Trinajstić information content (AvgIpc) is 2.82. The highest BCUT2D eigenvalue weighted by atomic mass is 35.5. The van der Waals surface area contributed by atoms with Crippen LogP contribution in [0.1, 0.15) is 16.7 Å². The number of likely N-dealkylation sites (N-methyl/N-ethyl adjacent to an activating group) is 1. The van der Waals surface area contributed by atoms with Gasteiger partial charge in [-0.15, -0.1) is 11.8 Å². The summed E-state index contributed by atoms with van der Waals surface area (Å²) in [5, 5.41) is 3.96. The van der Waals surface area contributed by atoms with Gasteiger partial charge in [0, 0.05) is 35.8 Å². The van der Waals surface area contributed by atoms with E-state index in [1.807, 2.05) is 72.8 Å². The van der Waals surface area contributed by atoms with Gasteiger partial charge in [0.2, 0.25) is 11.8 Å². The summed E-state index contributed by atoms with van der Waals surface area (Å²) in [6.07, 6.45) is 0.412. The lowest BCUT2D eigenvalue weighted by molar-refractivity contribution is -0.139. The molecule has 0 radical (unpaired) electrons. The molecular weight excluding hydrogens is 475 g/mol. The first-order valence-corrected chi connectivity index (χ1v) is 12.5. The van der Waals surface area contributed by atoms with Crippen LogP contribution in [0.4, 0.5) is 0 Å². The number of carbonyl (C=O) groups excluding carboxylic acids is 2. The largest absolute Gasteiger partial charge is 0.357 e. The van der Waals surface area contributed by atoms with Crippen LogP contribution in [0.3, 0.4) is 0 Å².